The summed E-state index contributed by atoms with van der Waals surface area (Å²) >= 11 is 3.61. The van der Waals surface area contributed by atoms with Gasteiger partial charge in [-0.05, 0) is 72.3 Å². The van der Waals surface area contributed by atoms with Crippen LogP contribution in [0.5, 0.6) is 17.2 Å². The van der Waals surface area contributed by atoms with Crippen molar-refractivity contribution >= 4 is 21.6 Å². The van der Waals surface area contributed by atoms with E-state index in [-0.39, 0.29) is 12.3 Å². The Kier molecular flexibility index (Phi) is 5.62. The summed E-state index contributed by atoms with van der Waals surface area (Å²) in [4.78, 5) is 0. The van der Waals surface area contributed by atoms with E-state index >= 15 is 0 Å². The van der Waals surface area contributed by atoms with Crippen LogP contribution in [0.25, 0.3) is 0 Å². The van der Waals surface area contributed by atoms with Gasteiger partial charge in [0.05, 0.1) is 18.9 Å². The molecule has 2 atom stereocenters. The minimum atomic E-state index is -0.321. The lowest BCUT2D eigenvalue weighted by Crippen LogP contribution is -2.33. The molecule has 2 aliphatic rings. The lowest BCUT2D eigenvalue weighted by molar-refractivity contribution is -0.0191. The molecule has 0 fully saturated rings. The standard InChI is InChI=1S/C26H23BrN2O3/c1-3-14-31-21-11-6-18(7-12-21)26-29-24(22-15-19(27)8-13-25(22)32-26)16-23(28-29)17-4-9-20(30-2)10-5-17/h3-13,15,24,26H,1,14,16H2,2H3. The zero-order valence-corrected chi connectivity index (χ0v) is 19.3. The van der Waals surface area contributed by atoms with Crippen LogP contribution >= 0.6 is 15.9 Å². The van der Waals surface area contributed by atoms with Crippen molar-refractivity contribution in [3.05, 3.63) is 101 Å². The molecule has 0 saturated heterocycles. The third kappa shape index (κ3) is 3.86. The van der Waals surface area contributed by atoms with E-state index in [1.54, 1.807) is 13.2 Å². The van der Waals surface area contributed by atoms with Gasteiger partial charge in [0.2, 0.25) is 6.23 Å². The van der Waals surface area contributed by atoms with Crippen molar-refractivity contribution in [1.29, 1.82) is 0 Å². The first-order valence-electron chi connectivity index (χ1n) is 10.5. The first-order valence-corrected chi connectivity index (χ1v) is 11.3. The first-order chi connectivity index (χ1) is 15.7. The van der Waals surface area contributed by atoms with E-state index in [1.807, 2.05) is 48.5 Å². The van der Waals surface area contributed by atoms with Crippen LogP contribution in [0.2, 0.25) is 0 Å². The highest BCUT2D eigenvalue weighted by Gasteiger charge is 2.41. The van der Waals surface area contributed by atoms with Gasteiger partial charge in [-0.2, -0.15) is 5.10 Å². The molecular weight excluding hydrogens is 468 g/mol. The molecule has 5 rings (SSSR count). The molecule has 0 N–H and O–H groups in total. The van der Waals surface area contributed by atoms with Crippen molar-refractivity contribution < 1.29 is 14.2 Å². The van der Waals surface area contributed by atoms with Gasteiger partial charge in [-0.1, -0.05) is 28.6 Å². The summed E-state index contributed by atoms with van der Waals surface area (Å²) in [6.07, 6.45) is 2.21. The average molecular weight is 491 g/mol. The zero-order valence-electron chi connectivity index (χ0n) is 17.7. The molecule has 32 heavy (non-hydrogen) atoms. The number of halogens is 1. The Morgan fingerprint density at radius 3 is 2.56 bits per heavy atom. The monoisotopic (exact) mass is 490 g/mol. The molecular formula is C26H23BrN2O3. The zero-order chi connectivity index (χ0) is 22.1. The van der Waals surface area contributed by atoms with Crippen LogP contribution in [0.4, 0.5) is 0 Å². The van der Waals surface area contributed by atoms with Crippen LogP contribution in [-0.4, -0.2) is 24.4 Å². The van der Waals surface area contributed by atoms with E-state index in [2.05, 4.69) is 45.7 Å². The van der Waals surface area contributed by atoms with Crippen LogP contribution in [0.1, 0.15) is 35.4 Å². The van der Waals surface area contributed by atoms with Crippen LogP contribution in [0, 0.1) is 0 Å². The molecule has 0 radical (unpaired) electrons. The fourth-order valence-electron chi connectivity index (χ4n) is 4.12. The second-order valence-corrected chi connectivity index (χ2v) is 8.61. The maximum absolute atomic E-state index is 6.45. The van der Waals surface area contributed by atoms with Crippen molar-refractivity contribution in [3.63, 3.8) is 0 Å². The fraction of sp³-hybridized carbons (Fsp3) is 0.192. The van der Waals surface area contributed by atoms with E-state index in [9.17, 15) is 0 Å². The van der Waals surface area contributed by atoms with E-state index in [4.69, 9.17) is 19.3 Å². The molecule has 2 heterocycles. The molecule has 0 aliphatic carbocycles. The van der Waals surface area contributed by atoms with Crippen molar-refractivity contribution in [2.24, 2.45) is 5.10 Å². The topological polar surface area (TPSA) is 43.3 Å². The Balaban J connectivity index is 1.51. The summed E-state index contributed by atoms with van der Waals surface area (Å²) in [7, 11) is 1.67. The number of hydrogen-bond donors (Lipinski definition) is 0. The molecule has 0 spiro atoms. The van der Waals surface area contributed by atoms with Gasteiger partial charge in [0, 0.05) is 22.0 Å². The maximum atomic E-state index is 6.45. The normalized spacial score (nSPS) is 18.8. The Morgan fingerprint density at radius 2 is 1.84 bits per heavy atom. The van der Waals surface area contributed by atoms with Gasteiger partial charge in [0.1, 0.15) is 23.9 Å². The van der Waals surface area contributed by atoms with E-state index in [0.29, 0.717) is 6.61 Å². The predicted octanol–water partition coefficient (Wildman–Crippen LogP) is 6.26. The molecule has 0 bridgehead atoms. The summed E-state index contributed by atoms with van der Waals surface area (Å²) in [5.41, 5.74) is 4.27. The lowest BCUT2D eigenvalue weighted by Gasteiger charge is -2.38. The van der Waals surface area contributed by atoms with Crippen LogP contribution in [-0.2, 0) is 0 Å². The van der Waals surface area contributed by atoms with E-state index < -0.39 is 0 Å². The van der Waals surface area contributed by atoms with Gasteiger partial charge < -0.3 is 14.2 Å². The molecule has 0 saturated carbocycles. The molecule has 162 valence electrons. The number of fused-ring (bicyclic) bond motifs is 3. The van der Waals surface area contributed by atoms with Crippen molar-refractivity contribution in [1.82, 2.24) is 5.01 Å². The third-order valence-corrected chi connectivity index (χ3v) is 6.20. The Labute approximate surface area is 196 Å². The van der Waals surface area contributed by atoms with Gasteiger partial charge in [0.25, 0.3) is 0 Å². The number of hydrogen-bond acceptors (Lipinski definition) is 5. The smallest absolute Gasteiger partial charge is 0.213 e. The number of rotatable bonds is 6. The lowest BCUT2D eigenvalue weighted by atomic mass is 9.96. The van der Waals surface area contributed by atoms with Crippen LogP contribution < -0.4 is 14.2 Å². The molecule has 2 aliphatic heterocycles. The summed E-state index contributed by atoms with van der Waals surface area (Å²) in [5.74, 6) is 2.52. The minimum Gasteiger partial charge on any atom is -0.497 e. The maximum Gasteiger partial charge on any atom is 0.213 e. The van der Waals surface area contributed by atoms with Crippen LogP contribution in [0.15, 0.2) is 89.0 Å². The van der Waals surface area contributed by atoms with Crippen LogP contribution in [0.3, 0.4) is 0 Å². The van der Waals surface area contributed by atoms with Crippen molar-refractivity contribution in [2.45, 2.75) is 18.7 Å². The molecule has 5 nitrogen and oxygen atoms in total. The average Bonchev–Trinajstić information content (AvgIpc) is 3.29. The van der Waals surface area contributed by atoms with Crippen molar-refractivity contribution in [3.8, 4) is 17.2 Å². The largest absolute Gasteiger partial charge is 0.497 e. The summed E-state index contributed by atoms with van der Waals surface area (Å²) in [6, 6.07) is 22.3. The second kappa shape index (κ2) is 8.71. The molecule has 6 heteroatoms. The summed E-state index contributed by atoms with van der Waals surface area (Å²) in [6.45, 7) is 4.17. The van der Waals surface area contributed by atoms with E-state index in [1.165, 1.54) is 0 Å². The second-order valence-electron chi connectivity index (χ2n) is 7.70. The molecule has 3 aromatic rings. The number of benzene rings is 3. The predicted molar refractivity (Wildman–Crippen MR) is 128 cm³/mol. The van der Waals surface area contributed by atoms with Crippen molar-refractivity contribution in [2.75, 3.05) is 13.7 Å². The molecule has 0 aromatic heterocycles. The number of nitrogens with zero attached hydrogens (tertiary/aromatic N) is 2. The van der Waals surface area contributed by atoms with Gasteiger partial charge in [-0.15, -0.1) is 0 Å². The molecule has 2 unspecified atom stereocenters. The highest BCUT2D eigenvalue weighted by Crippen LogP contribution is 2.48. The highest BCUT2D eigenvalue weighted by atomic mass is 79.9. The third-order valence-electron chi connectivity index (χ3n) is 5.71. The summed E-state index contributed by atoms with van der Waals surface area (Å²) in [5, 5.41) is 7.10. The van der Waals surface area contributed by atoms with Gasteiger partial charge in [-0.25, -0.2) is 5.01 Å². The van der Waals surface area contributed by atoms with Gasteiger partial charge in [0.15, 0.2) is 0 Å². The number of ether oxygens (including phenoxy) is 3. The SMILES string of the molecule is C=CCOc1ccc(C2Oc3ccc(Br)cc3C3CC(c4ccc(OC)cc4)=NN32)cc1. The first kappa shape index (κ1) is 20.6. The van der Waals surface area contributed by atoms with Gasteiger partial charge >= 0.3 is 0 Å². The Morgan fingerprint density at radius 1 is 1.09 bits per heavy atom. The van der Waals surface area contributed by atoms with E-state index in [0.717, 1.165) is 50.5 Å². The summed E-state index contributed by atoms with van der Waals surface area (Å²) < 4.78 is 18.4. The highest BCUT2D eigenvalue weighted by molar-refractivity contribution is 9.10. The number of hydrazone groups is 1. The Bertz CT molecular complexity index is 1160. The molecule has 0 amide bonds. The number of methoxy groups -OCH3 is 1. The molecule has 3 aromatic carbocycles. The fourth-order valence-corrected chi connectivity index (χ4v) is 4.50. The minimum absolute atomic E-state index is 0.0926. The quantitative estimate of drug-likeness (QED) is 0.382. The van der Waals surface area contributed by atoms with Gasteiger partial charge in [-0.3, -0.25) is 0 Å². The Hall–Kier alpha value is -3.25.